The molecule has 3 aromatic carbocycles. The lowest BCUT2D eigenvalue weighted by Crippen LogP contribution is -2.33. The number of carbonyl (C=O) groups excluding carboxylic acids is 2. The predicted molar refractivity (Wildman–Crippen MR) is 115 cm³/mol. The molecule has 0 aliphatic heterocycles. The molecule has 0 saturated carbocycles. The maximum absolute atomic E-state index is 12.2. The lowest BCUT2D eigenvalue weighted by atomic mass is 9.98. The number of nitrogens with one attached hydrogen (secondary N) is 2. The van der Waals surface area contributed by atoms with Crippen molar-refractivity contribution in [1.82, 2.24) is 15.3 Å². The molecule has 0 bridgehead atoms. The van der Waals surface area contributed by atoms with Crippen LogP contribution < -0.4 is 10.1 Å². The van der Waals surface area contributed by atoms with Crippen LogP contribution in [0.15, 0.2) is 73.1 Å². The minimum atomic E-state index is -0.664. The van der Waals surface area contributed by atoms with E-state index in [9.17, 15) is 9.59 Å². The highest BCUT2D eigenvalue weighted by Crippen LogP contribution is 2.44. The summed E-state index contributed by atoms with van der Waals surface area (Å²) in [7, 11) is 0. The van der Waals surface area contributed by atoms with Crippen LogP contribution in [0, 0.1) is 0 Å². The number of aromatic amines is 1. The van der Waals surface area contributed by atoms with E-state index in [-0.39, 0.29) is 19.1 Å². The Morgan fingerprint density at radius 2 is 1.68 bits per heavy atom. The Labute approximate surface area is 178 Å². The van der Waals surface area contributed by atoms with E-state index in [1.165, 1.54) is 0 Å². The minimum Gasteiger partial charge on any atom is -0.449 e. The number of H-pyrrole nitrogens is 1. The van der Waals surface area contributed by atoms with Gasteiger partial charge in [0.2, 0.25) is 0 Å². The first-order valence-corrected chi connectivity index (χ1v) is 9.92. The molecule has 2 N–H and O–H groups in total. The van der Waals surface area contributed by atoms with Crippen LogP contribution in [0.5, 0.6) is 5.75 Å². The Morgan fingerprint density at radius 1 is 0.968 bits per heavy atom. The lowest BCUT2D eigenvalue weighted by molar-refractivity contribution is -0.133. The Bertz CT molecular complexity index is 1240. The second kappa shape index (κ2) is 7.95. The first kappa shape index (κ1) is 18.9. The normalized spacial score (nSPS) is 12.3. The Kier molecular flexibility index (Phi) is 4.84. The van der Waals surface area contributed by atoms with E-state index in [0.29, 0.717) is 5.75 Å². The van der Waals surface area contributed by atoms with Gasteiger partial charge >= 0.3 is 12.1 Å². The van der Waals surface area contributed by atoms with Gasteiger partial charge in [0.05, 0.1) is 17.4 Å². The van der Waals surface area contributed by atoms with E-state index in [2.05, 4.69) is 39.6 Å². The van der Waals surface area contributed by atoms with Crippen molar-refractivity contribution in [3.05, 3.63) is 84.2 Å². The summed E-state index contributed by atoms with van der Waals surface area (Å²) < 4.78 is 10.7. The number of nitrogens with zero attached hydrogens (tertiary/aromatic N) is 1. The summed E-state index contributed by atoms with van der Waals surface area (Å²) in [5.41, 5.74) is 6.11. The number of ether oxygens (including phenoxy) is 2. The number of benzene rings is 3. The van der Waals surface area contributed by atoms with E-state index in [0.717, 1.165) is 33.3 Å². The van der Waals surface area contributed by atoms with Gasteiger partial charge in [0.25, 0.3) is 0 Å². The third-order valence-corrected chi connectivity index (χ3v) is 5.34. The highest BCUT2D eigenvalue weighted by atomic mass is 16.6. The molecule has 0 saturated heterocycles. The molecule has 1 amide bonds. The Morgan fingerprint density at radius 3 is 2.42 bits per heavy atom. The van der Waals surface area contributed by atoms with E-state index in [1.54, 1.807) is 24.5 Å². The molecule has 0 radical (unpaired) electrons. The van der Waals surface area contributed by atoms with E-state index >= 15 is 0 Å². The molecule has 7 nitrogen and oxygen atoms in total. The SMILES string of the molecule is O=C(CNC(=O)OCC1c2ccccc2-c2ccccc21)Oc1ccc2nc[nH]c2c1. The summed E-state index contributed by atoms with van der Waals surface area (Å²) in [5.74, 6) is -0.255. The predicted octanol–water partition coefficient (Wildman–Crippen LogP) is 4.01. The Hall–Kier alpha value is -4.13. The molecule has 1 aromatic heterocycles. The minimum absolute atomic E-state index is 0.0359. The van der Waals surface area contributed by atoms with Gasteiger partial charge < -0.3 is 19.8 Å². The maximum atomic E-state index is 12.2. The number of hydrogen-bond acceptors (Lipinski definition) is 5. The highest BCUT2D eigenvalue weighted by molar-refractivity contribution is 5.82. The molecule has 5 rings (SSSR count). The fourth-order valence-corrected chi connectivity index (χ4v) is 3.94. The number of amides is 1. The van der Waals surface area contributed by atoms with Gasteiger partial charge in [-0.3, -0.25) is 0 Å². The summed E-state index contributed by atoms with van der Waals surface area (Å²) in [6.07, 6.45) is 0.900. The average molecular weight is 413 g/mol. The number of fused-ring (bicyclic) bond motifs is 4. The third kappa shape index (κ3) is 3.73. The van der Waals surface area contributed by atoms with Crippen LogP contribution in [0.2, 0.25) is 0 Å². The molecule has 0 fully saturated rings. The summed E-state index contributed by atoms with van der Waals surface area (Å²) >= 11 is 0. The Balaban J connectivity index is 1.16. The van der Waals surface area contributed by atoms with E-state index in [1.807, 2.05) is 24.3 Å². The molecule has 1 heterocycles. The molecule has 7 heteroatoms. The molecule has 4 aromatic rings. The third-order valence-electron chi connectivity index (χ3n) is 5.34. The topological polar surface area (TPSA) is 93.3 Å². The van der Waals surface area contributed by atoms with Crippen molar-refractivity contribution in [2.75, 3.05) is 13.2 Å². The van der Waals surface area contributed by atoms with Crippen LogP contribution in [0.25, 0.3) is 22.2 Å². The van der Waals surface area contributed by atoms with Crippen molar-refractivity contribution >= 4 is 23.1 Å². The largest absolute Gasteiger partial charge is 0.449 e. The molecular weight excluding hydrogens is 394 g/mol. The lowest BCUT2D eigenvalue weighted by Gasteiger charge is -2.14. The first-order chi connectivity index (χ1) is 15.2. The van der Waals surface area contributed by atoms with Gasteiger partial charge in [-0.25, -0.2) is 14.6 Å². The summed E-state index contributed by atoms with van der Waals surface area (Å²) in [5, 5.41) is 2.45. The van der Waals surface area contributed by atoms with Gasteiger partial charge in [-0.05, 0) is 34.4 Å². The van der Waals surface area contributed by atoms with Crippen molar-refractivity contribution in [2.24, 2.45) is 0 Å². The van der Waals surface area contributed by atoms with Gasteiger partial charge in [0.1, 0.15) is 18.9 Å². The van der Waals surface area contributed by atoms with Crippen LogP contribution in [0.3, 0.4) is 0 Å². The fraction of sp³-hybridized carbons (Fsp3) is 0.125. The van der Waals surface area contributed by atoms with Crippen LogP contribution in [-0.4, -0.2) is 35.2 Å². The van der Waals surface area contributed by atoms with Crippen molar-refractivity contribution in [2.45, 2.75) is 5.92 Å². The molecule has 1 aliphatic rings. The van der Waals surface area contributed by atoms with Crippen LogP contribution in [0.1, 0.15) is 17.0 Å². The van der Waals surface area contributed by atoms with Crippen molar-refractivity contribution in [1.29, 1.82) is 0 Å². The molecule has 154 valence electrons. The quantitative estimate of drug-likeness (QED) is 0.381. The maximum Gasteiger partial charge on any atom is 0.407 e. The van der Waals surface area contributed by atoms with Gasteiger partial charge in [0, 0.05) is 12.0 Å². The highest BCUT2D eigenvalue weighted by Gasteiger charge is 2.29. The van der Waals surface area contributed by atoms with E-state index in [4.69, 9.17) is 9.47 Å². The van der Waals surface area contributed by atoms with Crippen molar-refractivity contribution < 1.29 is 19.1 Å². The van der Waals surface area contributed by atoms with E-state index < -0.39 is 12.1 Å². The zero-order chi connectivity index (χ0) is 21.2. The van der Waals surface area contributed by atoms with Crippen molar-refractivity contribution in [3.63, 3.8) is 0 Å². The van der Waals surface area contributed by atoms with Crippen LogP contribution in [0.4, 0.5) is 4.79 Å². The number of esters is 1. The first-order valence-electron chi connectivity index (χ1n) is 9.92. The summed E-state index contributed by atoms with van der Waals surface area (Å²) in [6.45, 7) is -0.108. The summed E-state index contributed by atoms with van der Waals surface area (Å²) in [6, 6.07) is 21.3. The zero-order valence-corrected chi connectivity index (χ0v) is 16.5. The molecule has 0 unspecified atom stereocenters. The second-order valence-corrected chi connectivity index (χ2v) is 7.23. The molecule has 0 atom stereocenters. The number of aromatic nitrogens is 2. The van der Waals surface area contributed by atoms with Gasteiger partial charge in [-0.1, -0.05) is 48.5 Å². The van der Waals surface area contributed by atoms with Crippen LogP contribution in [-0.2, 0) is 9.53 Å². The summed E-state index contributed by atoms with van der Waals surface area (Å²) in [4.78, 5) is 31.3. The molecule has 31 heavy (non-hydrogen) atoms. The monoisotopic (exact) mass is 413 g/mol. The number of imidazole rings is 1. The number of alkyl carbamates (subject to hydrolysis) is 1. The standard InChI is InChI=1S/C24H19N3O4/c28-23(31-15-9-10-21-22(11-15)27-14-26-21)12-25-24(29)30-13-20-18-7-3-1-5-16(18)17-6-2-4-8-19(17)20/h1-11,14,20H,12-13H2,(H,25,29)(H,26,27). The number of rotatable bonds is 5. The van der Waals surface area contributed by atoms with Gasteiger partial charge in [-0.15, -0.1) is 0 Å². The number of hydrogen-bond donors (Lipinski definition) is 2. The molecule has 1 aliphatic carbocycles. The average Bonchev–Trinajstić information content (AvgIpc) is 3.38. The van der Waals surface area contributed by atoms with Gasteiger partial charge in [0.15, 0.2) is 0 Å². The second-order valence-electron chi connectivity index (χ2n) is 7.23. The fourth-order valence-electron chi connectivity index (χ4n) is 3.94. The molecule has 0 spiro atoms. The van der Waals surface area contributed by atoms with Crippen molar-refractivity contribution in [3.8, 4) is 16.9 Å². The van der Waals surface area contributed by atoms with Gasteiger partial charge in [-0.2, -0.15) is 0 Å². The molecular formula is C24H19N3O4. The number of carbonyl (C=O) groups is 2. The zero-order valence-electron chi connectivity index (χ0n) is 16.5. The smallest absolute Gasteiger partial charge is 0.407 e. The van der Waals surface area contributed by atoms with Crippen LogP contribution >= 0.6 is 0 Å².